The first-order valence-corrected chi connectivity index (χ1v) is 11.7. The van der Waals surface area contributed by atoms with Gasteiger partial charge in [0, 0.05) is 18.3 Å². The fourth-order valence-corrected chi connectivity index (χ4v) is 3.74. The van der Waals surface area contributed by atoms with Crippen LogP contribution < -0.4 is 9.46 Å². The van der Waals surface area contributed by atoms with Crippen molar-refractivity contribution in [3.8, 4) is 5.75 Å². The van der Waals surface area contributed by atoms with Crippen molar-refractivity contribution in [2.24, 2.45) is 0 Å². The van der Waals surface area contributed by atoms with Crippen LogP contribution in [0.4, 0.5) is 5.69 Å². The molecule has 0 unspecified atom stereocenters. The van der Waals surface area contributed by atoms with Crippen LogP contribution >= 0.6 is 0 Å². The van der Waals surface area contributed by atoms with Crippen LogP contribution in [0.3, 0.4) is 0 Å². The smallest absolute Gasteiger partial charge is 0.255 e. The molecule has 0 bridgehead atoms. The van der Waals surface area contributed by atoms with E-state index in [1.165, 1.54) is 6.08 Å². The molecule has 0 aliphatic rings. The van der Waals surface area contributed by atoms with Crippen molar-refractivity contribution in [3.63, 3.8) is 0 Å². The van der Waals surface area contributed by atoms with Crippen LogP contribution in [0.1, 0.15) is 21.5 Å². The number of anilines is 1. The highest BCUT2D eigenvalue weighted by Crippen LogP contribution is 2.15. The van der Waals surface area contributed by atoms with Crippen LogP contribution in [-0.2, 0) is 10.0 Å². The summed E-state index contributed by atoms with van der Waals surface area (Å²) in [6.07, 6.45) is 1.52. The SMILES string of the molecule is Cc1ccc(OCCN(C)C(=O)c2ccc(NS(=O)(=O)/C=C/c3ccccc3)cc2)cc1. The minimum absolute atomic E-state index is 0.170. The van der Waals surface area contributed by atoms with Gasteiger partial charge in [-0.05, 0) is 55.0 Å². The highest BCUT2D eigenvalue weighted by atomic mass is 32.2. The summed E-state index contributed by atoms with van der Waals surface area (Å²) in [4.78, 5) is 14.2. The van der Waals surface area contributed by atoms with E-state index >= 15 is 0 Å². The van der Waals surface area contributed by atoms with Gasteiger partial charge in [-0.1, -0.05) is 48.0 Å². The normalized spacial score (nSPS) is 11.3. The number of nitrogens with one attached hydrogen (secondary N) is 1. The molecule has 0 spiro atoms. The average Bonchev–Trinajstić information content (AvgIpc) is 2.79. The third kappa shape index (κ3) is 6.99. The minimum atomic E-state index is -3.67. The van der Waals surface area contributed by atoms with Crippen LogP contribution in [0, 0.1) is 6.92 Å². The van der Waals surface area contributed by atoms with Gasteiger partial charge in [-0.3, -0.25) is 9.52 Å². The number of likely N-dealkylation sites (N-methyl/N-ethyl adjacent to an activating group) is 1. The molecule has 3 aromatic carbocycles. The lowest BCUT2D eigenvalue weighted by Gasteiger charge is -2.18. The lowest BCUT2D eigenvalue weighted by atomic mass is 10.2. The number of carbonyl (C=O) groups excluding carboxylic acids is 1. The maximum atomic E-state index is 12.6. The van der Waals surface area contributed by atoms with Crippen molar-refractivity contribution in [2.45, 2.75) is 6.92 Å². The second-order valence-corrected chi connectivity index (χ2v) is 8.89. The molecule has 3 aromatic rings. The number of hydrogen-bond acceptors (Lipinski definition) is 4. The molecule has 0 aromatic heterocycles. The quantitative estimate of drug-likeness (QED) is 0.519. The summed E-state index contributed by atoms with van der Waals surface area (Å²) in [7, 11) is -1.97. The minimum Gasteiger partial charge on any atom is -0.492 e. The van der Waals surface area contributed by atoms with Gasteiger partial charge in [0.15, 0.2) is 0 Å². The van der Waals surface area contributed by atoms with E-state index in [4.69, 9.17) is 4.74 Å². The number of ether oxygens (including phenoxy) is 1. The van der Waals surface area contributed by atoms with Crippen molar-refractivity contribution in [2.75, 3.05) is 24.9 Å². The third-order valence-corrected chi connectivity index (χ3v) is 5.71. The standard InChI is InChI=1S/C25H26N2O4S/c1-20-8-14-24(15-9-20)31-18-17-27(2)25(28)22-10-12-23(13-11-22)26-32(29,30)19-16-21-6-4-3-5-7-21/h3-16,19,26H,17-18H2,1-2H3/b19-16+. The Morgan fingerprint density at radius 3 is 2.28 bits per heavy atom. The topological polar surface area (TPSA) is 75.7 Å². The summed E-state index contributed by atoms with van der Waals surface area (Å²) in [6, 6.07) is 23.2. The second kappa shape index (κ2) is 10.6. The van der Waals surface area contributed by atoms with E-state index < -0.39 is 10.0 Å². The van der Waals surface area contributed by atoms with E-state index in [1.54, 1.807) is 36.2 Å². The molecule has 0 heterocycles. The van der Waals surface area contributed by atoms with Crippen LogP contribution in [0.5, 0.6) is 5.75 Å². The predicted molar refractivity (Wildman–Crippen MR) is 128 cm³/mol. The number of benzene rings is 3. The molecule has 0 saturated carbocycles. The number of sulfonamides is 1. The number of carbonyl (C=O) groups is 1. The Labute approximate surface area is 189 Å². The fourth-order valence-electron chi connectivity index (χ4n) is 2.87. The van der Waals surface area contributed by atoms with Crippen molar-refractivity contribution in [3.05, 3.63) is 101 Å². The predicted octanol–water partition coefficient (Wildman–Crippen LogP) is 4.56. The van der Waals surface area contributed by atoms with Crippen LogP contribution in [-0.4, -0.2) is 39.4 Å². The Bertz CT molecular complexity index is 1160. The Morgan fingerprint density at radius 1 is 0.969 bits per heavy atom. The highest BCUT2D eigenvalue weighted by Gasteiger charge is 2.12. The zero-order valence-corrected chi connectivity index (χ0v) is 18.9. The number of aryl methyl sites for hydroxylation is 1. The number of amides is 1. The first kappa shape index (κ1) is 23.1. The Kier molecular flexibility index (Phi) is 7.68. The van der Waals surface area contributed by atoms with Crippen LogP contribution in [0.2, 0.25) is 0 Å². The lowest BCUT2D eigenvalue weighted by Crippen LogP contribution is -2.30. The van der Waals surface area contributed by atoms with E-state index in [2.05, 4.69) is 4.72 Å². The van der Waals surface area contributed by atoms with Gasteiger partial charge < -0.3 is 9.64 Å². The Morgan fingerprint density at radius 2 is 1.62 bits per heavy atom. The van der Waals surface area contributed by atoms with Gasteiger partial charge in [0.05, 0.1) is 12.0 Å². The number of hydrogen-bond donors (Lipinski definition) is 1. The summed E-state index contributed by atoms with van der Waals surface area (Å²) in [5, 5.41) is 1.11. The summed E-state index contributed by atoms with van der Waals surface area (Å²) >= 11 is 0. The van der Waals surface area contributed by atoms with E-state index in [0.29, 0.717) is 24.4 Å². The summed E-state index contributed by atoms with van der Waals surface area (Å²) in [5.41, 5.74) is 2.78. The Hall–Kier alpha value is -3.58. The molecule has 7 heteroatoms. The lowest BCUT2D eigenvalue weighted by molar-refractivity contribution is 0.0774. The van der Waals surface area contributed by atoms with Crippen molar-refractivity contribution < 1.29 is 17.9 Å². The van der Waals surface area contributed by atoms with Crippen LogP contribution in [0.25, 0.3) is 6.08 Å². The highest BCUT2D eigenvalue weighted by molar-refractivity contribution is 7.95. The number of rotatable bonds is 9. The molecule has 1 amide bonds. The molecule has 1 N–H and O–H groups in total. The molecule has 0 atom stereocenters. The van der Waals surface area contributed by atoms with Crippen molar-refractivity contribution in [1.29, 1.82) is 0 Å². The van der Waals surface area contributed by atoms with Crippen molar-refractivity contribution >= 4 is 27.7 Å². The first-order valence-electron chi connectivity index (χ1n) is 10.1. The van der Waals surface area contributed by atoms with Gasteiger partial charge in [0.25, 0.3) is 15.9 Å². The molecule has 0 fully saturated rings. The first-order chi connectivity index (χ1) is 15.3. The summed E-state index contributed by atoms with van der Waals surface area (Å²) in [6.45, 7) is 2.80. The van der Waals surface area contributed by atoms with Gasteiger partial charge in [0.2, 0.25) is 0 Å². The maximum absolute atomic E-state index is 12.6. The molecular weight excluding hydrogens is 424 g/mol. The van der Waals surface area contributed by atoms with Crippen molar-refractivity contribution in [1.82, 2.24) is 4.90 Å². The maximum Gasteiger partial charge on any atom is 0.255 e. The van der Waals surface area contributed by atoms with Crippen LogP contribution in [0.15, 0.2) is 84.3 Å². The van der Waals surface area contributed by atoms with E-state index in [1.807, 2.05) is 61.5 Å². The van der Waals surface area contributed by atoms with Gasteiger partial charge >= 0.3 is 0 Å². The third-order valence-electron chi connectivity index (χ3n) is 4.69. The van der Waals surface area contributed by atoms with Gasteiger partial charge in [0.1, 0.15) is 12.4 Å². The van der Waals surface area contributed by atoms with Gasteiger partial charge in [-0.25, -0.2) is 8.42 Å². The molecule has 166 valence electrons. The van der Waals surface area contributed by atoms with Gasteiger partial charge in [-0.2, -0.15) is 0 Å². The van der Waals surface area contributed by atoms with E-state index in [9.17, 15) is 13.2 Å². The molecule has 6 nitrogen and oxygen atoms in total. The molecule has 32 heavy (non-hydrogen) atoms. The van der Waals surface area contributed by atoms with E-state index in [0.717, 1.165) is 22.3 Å². The monoisotopic (exact) mass is 450 g/mol. The molecule has 0 saturated heterocycles. The largest absolute Gasteiger partial charge is 0.492 e. The fraction of sp³-hybridized carbons (Fsp3) is 0.160. The zero-order chi connectivity index (χ0) is 23.0. The molecule has 0 aliphatic heterocycles. The molecule has 0 radical (unpaired) electrons. The van der Waals surface area contributed by atoms with E-state index in [-0.39, 0.29) is 5.91 Å². The molecule has 0 aliphatic carbocycles. The second-order valence-electron chi connectivity index (χ2n) is 7.33. The Balaban J connectivity index is 1.52. The average molecular weight is 451 g/mol. The van der Waals surface area contributed by atoms with Gasteiger partial charge in [-0.15, -0.1) is 0 Å². The molecular formula is C25H26N2O4S. The molecule has 3 rings (SSSR count). The zero-order valence-electron chi connectivity index (χ0n) is 18.1. The number of nitrogens with zero attached hydrogens (tertiary/aromatic N) is 1. The summed E-state index contributed by atoms with van der Waals surface area (Å²) < 4.78 is 32.7. The summed E-state index contributed by atoms with van der Waals surface area (Å²) in [5.74, 6) is 0.588.